The lowest BCUT2D eigenvalue weighted by molar-refractivity contribution is -0.0197. The first-order valence-corrected chi connectivity index (χ1v) is 19.8. The van der Waals surface area contributed by atoms with Crippen molar-refractivity contribution in [2.45, 2.75) is 6.43 Å². The van der Waals surface area contributed by atoms with Gasteiger partial charge in [-0.15, -0.1) is 0 Å². The van der Waals surface area contributed by atoms with E-state index < -0.39 is 41.3 Å². The van der Waals surface area contributed by atoms with Gasteiger partial charge >= 0.3 is 0 Å². The molecule has 0 bridgehead atoms. The number of alkyl halides is 2. The number of carbonyl (C=O) groups is 1. The number of para-hydroxylation sites is 2. The zero-order valence-electron chi connectivity index (χ0n) is 32.0. The van der Waals surface area contributed by atoms with Gasteiger partial charge in [0, 0.05) is 29.7 Å². The van der Waals surface area contributed by atoms with Gasteiger partial charge in [0.25, 0.3) is 12.3 Å². The molecule has 1 aliphatic rings. The molecule has 3 aromatic carbocycles. The van der Waals surface area contributed by atoms with Crippen molar-refractivity contribution < 1.29 is 55.6 Å². The topological polar surface area (TPSA) is 170 Å². The second-order valence-corrected chi connectivity index (χ2v) is 14.0. The molecular weight excluding hydrogens is 916 g/mol. The van der Waals surface area contributed by atoms with Crippen LogP contribution in [0.4, 0.5) is 45.2 Å². The van der Waals surface area contributed by atoms with Crippen molar-refractivity contribution in [2.75, 3.05) is 107 Å². The Morgan fingerprint density at radius 1 is 0.850 bits per heavy atom. The minimum atomic E-state index is -2.91. The molecule has 0 saturated carbocycles. The van der Waals surface area contributed by atoms with Crippen LogP contribution in [0.5, 0.6) is 0 Å². The van der Waals surface area contributed by atoms with Crippen LogP contribution in [0.1, 0.15) is 22.6 Å². The molecule has 16 nitrogen and oxygen atoms in total. The number of ether oxygens (including phenoxy) is 4. The monoisotopic (exact) mass is 957 g/mol. The highest BCUT2D eigenvalue weighted by Crippen LogP contribution is 2.30. The minimum Gasteiger partial charge on any atom is -0.395 e. The van der Waals surface area contributed by atoms with Crippen LogP contribution in [0.2, 0.25) is 0 Å². The number of fused-ring (bicyclic) bond motifs is 1. The number of hydrogen-bond acceptors (Lipinski definition) is 14. The van der Waals surface area contributed by atoms with Crippen LogP contribution in [0, 0.1) is 21.0 Å². The van der Waals surface area contributed by atoms with Crippen molar-refractivity contribution in [3.05, 3.63) is 87.0 Å². The van der Waals surface area contributed by atoms with Gasteiger partial charge in [-0.05, 0) is 65.1 Å². The molecule has 5 aromatic rings. The quantitative estimate of drug-likeness (QED) is 0.0368. The highest BCUT2D eigenvalue weighted by molar-refractivity contribution is 14.1. The average Bonchev–Trinajstić information content (AvgIpc) is 3.65. The van der Waals surface area contributed by atoms with Crippen molar-refractivity contribution in [1.82, 2.24) is 30.0 Å². The van der Waals surface area contributed by atoms with E-state index in [0.29, 0.717) is 40.9 Å². The van der Waals surface area contributed by atoms with Crippen LogP contribution in [-0.2, 0) is 23.8 Å². The maximum atomic E-state index is 14.6. The van der Waals surface area contributed by atoms with Crippen LogP contribution in [0.15, 0.2) is 54.6 Å². The van der Waals surface area contributed by atoms with Crippen LogP contribution in [0.25, 0.3) is 17.0 Å². The molecule has 0 radical (unpaired) electrons. The fraction of sp³-hybridized carbons (Fsp3) is 0.395. The third-order valence-electron chi connectivity index (χ3n) is 8.80. The zero-order chi connectivity index (χ0) is 42.4. The maximum absolute atomic E-state index is 14.6. The van der Waals surface area contributed by atoms with Gasteiger partial charge in [-0.1, -0.05) is 12.1 Å². The third kappa shape index (κ3) is 11.7. The normalized spacial score (nSPS) is 13.0. The predicted molar refractivity (Wildman–Crippen MR) is 216 cm³/mol. The molecule has 1 saturated heterocycles. The molecule has 0 aliphatic carbocycles. The van der Waals surface area contributed by atoms with Gasteiger partial charge in [0.05, 0.1) is 94.0 Å². The Bertz CT molecular complexity index is 2200. The second kappa shape index (κ2) is 22.1. The van der Waals surface area contributed by atoms with Crippen LogP contribution < -0.4 is 20.6 Å². The maximum Gasteiger partial charge on any atom is 0.296 e. The molecule has 0 unspecified atom stereocenters. The number of morpholine rings is 1. The zero-order valence-corrected chi connectivity index (χ0v) is 34.1. The molecule has 6 rings (SSSR count). The Morgan fingerprint density at radius 2 is 1.55 bits per heavy atom. The number of anilines is 4. The number of rotatable bonds is 22. The molecule has 1 aliphatic heterocycles. The molecule has 2 aromatic heterocycles. The fourth-order valence-corrected chi connectivity index (χ4v) is 6.35. The number of aliphatic hydroxyl groups excluding tert-OH is 1. The fourth-order valence-electron chi connectivity index (χ4n) is 5.90. The van der Waals surface area contributed by atoms with E-state index in [9.17, 15) is 31.9 Å². The van der Waals surface area contributed by atoms with Gasteiger partial charge in [-0.25, -0.2) is 32.4 Å². The smallest absolute Gasteiger partial charge is 0.296 e. The number of hydroxylamine groups is 1. The van der Waals surface area contributed by atoms with Crippen molar-refractivity contribution in [1.29, 1.82) is 0 Å². The highest BCUT2D eigenvalue weighted by atomic mass is 127. The average molecular weight is 958 g/mol. The standard InChI is InChI=1S/C38H41F5IN9O7/c39-26-7-6-25(32(31(26)41)45-28-8-5-24(44)23-27(28)40)35(55)50-60-22-21-59-20-19-58-18-17-57-16-10-51(9-13-54)36-47-37(52-11-14-56-15-12-52)49-38(48-36)53-30-4-2-1-3-29(30)46-34(53)33(42)43/h1-8,23,33,45,54H,9-22H2,(H,50,55). The Labute approximate surface area is 354 Å². The number of imidazole rings is 1. The first-order valence-electron chi connectivity index (χ1n) is 18.7. The van der Waals surface area contributed by atoms with Crippen molar-refractivity contribution in [3.8, 4) is 5.95 Å². The van der Waals surface area contributed by atoms with Crippen molar-refractivity contribution in [3.63, 3.8) is 0 Å². The van der Waals surface area contributed by atoms with E-state index in [2.05, 4.69) is 30.7 Å². The number of nitrogens with one attached hydrogen (secondary N) is 2. The van der Waals surface area contributed by atoms with E-state index in [4.69, 9.17) is 23.8 Å². The van der Waals surface area contributed by atoms with Gasteiger partial charge in [-0.2, -0.15) is 15.0 Å². The number of carbonyl (C=O) groups excluding carboxylic acids is 1. The molecule has 3 heterocycles. The Kier molecular flexibility index (Phi) is 16.5. The first kappa shape index (κ1) is 44.7. The molecule has 0 atom stereocenters. The van der Waals surface area contributed by atoms with Gasteiger partial charge in [-0.3, -0.25) is 14.2 Å². The van der Waals surface area contributed by atoms with Crippen LogP contribution >= 0.6 is 22.6 Å². The summed E-state index contributed by atoms with van der Waals surface area (Å²) in [7, 11) is 0. The molecule has 1 amide bonds. The summed E-state index contributed by atoms with van der Waals surface area (Å²) in [6, 6.07) is 12.6. The van der Waals surface area contributed by atoms with Crippen molar-refractivity contribution >= 4 is 62.8 Å². The first-order chi connectivity index (χ1) is 29.1. The van der Waals surface area contributed by atoms with E-state index in [1.165, 1.54) is 16.7 Å². The van der Waals surface area contributed by atoms with E-state index in [0.717, 1.165) is 12.1 Å². The molecule has 0 spiro atoms. The largest absolute Gasteiger partial charge is 0.395 e. The number of aliphatic hydroxyl groups is 1. The summed E-state index contributed by atoms with van der Waals surface area (Å²) in [5.74, 6) is -4.32. The Hall–Kier alpha value is -4.85. The summed E-state index contributed by atoms with van der Waals surface area (Å²) in [5, 5.41) is 12.3. The lowest BCUT2D eigenvalue weighted by Crippen LogP contribution is -2.39. The molecule has 322 valence electrons. The van der Waals surface area contributed by atoms with Gasteiger partial charge in [0.2, 0.25) is 17.8 Å². The van der Waals surface area contributed by atoms with E-state index in [-0.39, 0.29) is 95.0 Å². The van der Waals surface area contributed by atoms with Gasteiger partial charge in [0.1, 0.15) is 5.82 Å². The number of nitrogens with zero attached hydrogens (tertiary/aromatic N) is 7. The predicted octanol–water partition coefficient (Wildman–Crippen LogP) is 4.96. The van der Waals surface area contributed by atoms with Gasteiger partial charge in [0.15, 0.2) is 17.5 Å². The summed E-state index contributed by atoms with van der Waals surface area (Å²) in [6.07, 6.45) is -2.91. The molecule has 1 fully saturated rings. The Balaban J connectivity index is 0.928. The summed E-state index contributed by atoms with van der Waals surface area (Å²) < 4.78 is 95.5. The number of aromatic nitrogens is 5. The summed E-state index contributed by atoms with van der Waals surface area (Å²) in [5.41, 5.74) is 1.88. The number of hydrogen-bond donors (Lipinski definition) is 3. The molecular formula is C38H41F5IN9O7. The summed E-state index contributed by atoms with van der Waals surface area (Å²) in [4.78, 5) is 39.3. The number of benzene rings is 3. The van der Waals surface area contributed by atoms with Crippen LogP contribution in [0.3, 0.4) is 0 Å². The SMILES string of the molecule is O=C(NOCCOCCOCCOCCN(CCO)c1nc(N2CCOCC2)nc(-n2c(C(F)F)nc3ccccc32)n1)c1ccc(F)c(F)c1Nc1ccc(I)cc1F. The van der Waals surface area contributed by atoms with E-state index in [1.807, 2.05) is 27.5 Å². The summed E-state index contributed by atoms with van der Waals surface area (Å²) in [6.45, 7) is 3.00. The number of halogens is 6. The van der Waals surface area contributed by atoms with E-state index in [1.54, 1.807) is 35.2 Å². The summed E-state index contributed by atoms with van der Waals surface area (Å²) >= 11 is 1.90. The highest BCUT2D eigenvalue weighted by Gasteiger charge is 2.26. The van der Waals surface area contributed by atoms with E-state index >= 15 is 0 Å². The molecule has 60 heavy (non-hydrogen) atoms. The number of amides is 1. The minimum absolute atomic E-state index is 0.0395. The lowest BCUT2D eigenvalue weighted by atomic mass is 10.1. The van der Waals surface area contributed by atoms with Crippen molar-refractivity contribution in [2.24, 2.45) is 0 Å². The molecule has 3 N–H and O–H groups in total. The third-order valence-corrected chi connectivity index (χ3v) is 9.47. The lowest BCUT2D eigenvalue weighted by Gasteiger charge is -2.28. The Morgan fingerprint density at radius 3 is 2.27 bits per heavy atom. The van der Waals surface area contributed by atoms with Gasteiger partial charge < -0.3 is 39.2 Å². The molecule has 22 heteroatoms. The van der Waals surface area contributed by atoms with Crippen LogP contribution in [-0.4, -0.2) is 128 Å². The second-order valence-electron chi connectivity index (χ2n) is 12.8.